The highest BCUT2D eigenvalue weighted by molar-refractivity contribution is 7.71. The Morgan fingerprint density at radius 2 is 1.96 bits per heavy atom. The summed E-state index contributed by atoms with van der Waals surface area (Å²) in [4.78, 5) is 3.86. The fourth-order valence-corrected chi connectivity index (χ4v) is 4.06. The van der Waals surface area contributed by atoms with Gasteiger partial charge >= 0.3 is 0 Å². The van der Waals surface area contributed by atoms with Gasteiger partial charge < -0.3 is 19.0 Å². The molecular formula is C20H26N5O2S+. The second kappa shape index (κ2) is 8.20. The summed E-state index contributed by atoms with van der Waals surface area (Å²) < 4.78 is 15.8. The minimum absolute atomic E-state index is 0.744. The lowest BCUT2D eigenvalue weighted by Gasteiger charge is -2.34. The summed E-state index contributed by atoms with van der Waals surface area (Å²) in [6.07, 6.45) is 1.67. The van der Waals surface area contributed by atoms with Crippen molar-refractivity contribution in [2.75, 3.05) is 38.2 Å². The number of nitrogens with zero attached hydrogens (tertiary/aromatic N) is 4. The molecule has 0 unspecified atom stereocenters. The molecule has 3 heterocycles. The lowest BCUT2D eigenvalue weighted by Crippen LogP contribution is -3.14. The first-order chi connectivity index (χ1) is 13.7. The van der Waals surface area contributed by atoms with Crippen molar-refractivity contribution in [1.29, 1.82) is 0 Å². The summed E-state index contributed by atoms with van der Waals surface area (Å²) in [5, 5.41) is 4.75. The highest BCUT2D eigenvalue weighted by atomic mass is 32.1. The normalized spacial score (nSPS) is 15.1. The van der Waals surface area contributed by atoms with E-state index in [2.05, 4.69) is 24.0 Å². The molecule has 0 atom stereocenters. The van der Waals surface area contributed by atoms with Crippen LogP contribution in [0.25, 0.3) is 11.6 Å². The average molecular weight is 401 g/mol. The quantitative estimate of drug-likeness (QED) is 0.642. The number of piperazine rings is 1. The van der Waals surface area contributed by atoms with Crippen LogP contribution in [0, 0.1) is 4.77 Å². The van der Waals surface area contributed by atoms with E-state index in [1.807, 2.05) is 33.5 Å². The second-order valence-corrected chi connectivity index (χ2v) is 7.26. The van der Waals surface area contributed by atoms with Gasteiger partial charge in [-0.15, -0.1) is 5.10 Å². The first kappa shape index (κ1) is 18.8. The van der Waals surface area contributed by atoms with E-state index in [0.717, 1.165) is 67.2 Å². The Kier molecular flexibility index (Phi) is 5.50. The number of aromatic nitrogens is 3. The number of methoxy groups -OCH3 is 1. The molecule has 4 rings (SSSR count). The molecule has 7 nitrogen and oxygen atoms in total. The summed E-state index contributed by atoms with van der Waals surface area (Å²) in [5.41, 5.74) is 1.16. The number of hydrogen-bond acceptors (Lipinski definition) is 5. The van der Waals surface area contributed by atoms with E-state index < -0.39 is 0 Å². The summed E-state index contributed by atoms with van der Waals surface area (Å²) in [7, 11) is 1.72. The number of hydrogen-bond donors (Lipinski definition) is 1. The van der Waals surface area contributed by atoms with Crippen molar-refractivity contribution in [2.24, 2.45) is 0 Å². The highest BCUT2D eigenvalue weighted by Gasteiger charge is 2.24. The van der Waals surface area contributed by atoms with Gasteiger partial charge in [0.05, 0.1) is 45.2 Å². The number of anilines is 1. The van der Waals surface area contributed by atoms with E-state index in [1.54, 1.807) is 13.4 Å². The summed E-state index contributed by atoms with van der Waals surface area (Å²) in [6.45, 7) is 7.60. The Morgan fingerprint density at radius 3 is 2.64 bits per heavy atom. The Balaban J connectivity index is 1.46. The maximum absolute atomic E-state index is 5.67. The molecular weight excluding hydrogens is 374 g/mol. The van der Waals surface area contributed by atoms with E-state index in [0.29, 0.717) is 0 Å². The van der Waals surface area contributed by atoms with Gasteiger partial charge in [0, 0.05) is 6.54 Å². The predicted molar refractivity (Wildman–Crippen MR) is 110 cm³/mol. The predicted octanol–water partition coefficient (Wildman–Crippen LogP) is 2.07. The van der Waals surface area contributed by atoms with Crippen molar-refractivity contribution < 1.29 is 14.1 Å². The Bertz CT molecular complexity index is 971. The van der Waals surface area contributed by atoms with E-state index >= 15 is 0 Å². The van der Waals surface area contributed by atoms with Crippen molar-refractivity contribution in [1.82, 2.24) is 14.3 Å². The maximum atomic E-state index is 5.67. The Morgan fingerprint density at radius 1 is 1.18 bits per heavy atom. The second-order valence-electron chi connectivity index (χ2n) is 6.89. The number of furan rings is 1. The molecule has 148 valence electrons. The van der Waals surface area contributed by atoms with Crippen LogP contribution >= 0.6 is 12.2 Å². The molecule has 0 saturated carbocycles. The molecule has 0 bridgehead atoms. The first-order valence-corrected chi connectivity index (χ1v) is 10.0. The molecule has 28 heavy (non-hydrogen) atoms. The molecule has 0 amide bonds. The lowest BCUT2D eigenvalue weighted by molar-refractivity contribution is -0.924. The van der Waals surface area contributed by atoms with Gasteiger partial charge in [-0.1, -0.05) is 12.1 Å². The number of benzene rings is 1. The number of rotatable bonds is 6. The van der Waals surface area contributed by atoms with E-state index in [9.17, 15) is 0 Å². The Hall–Kier alpha value is -2.58. The van der Waals surface area contributed by atoms with Gasteiger partial charge in [0.25, 0.3) is 0 Å². The van der Waals surface area contributed by atoms with Crippen molar-refractivity contribution in [2.45, 2.75) is 20.1 Å². The minimum Gasteiger partial charge on any atom is -0.495 e. The molecule has 1 fully saturated rings. The molecule has 2 aromatic heterocycles. The molecule has 0 radical (unpaired) electrons. The van der Waals surface area contributed by atoms with Crippen molar-refractivity contribution in [3.63, 3.8) is 0 Å². The summed E-state index contributed by atoms with van der Waals surface area (Å²) >= 11 is 5.67. The van der Waals surface area contributed by atoms with Crippen LogP contribution in [0.1, 0.15) is 6.92 Å². The largest absolute Gasteiger partial charge is 0.495 e. The van der Waals surface area contributed by atoms with Gasteiger partial charge in [0.2, 0.25) is 4.77 Å². The minimum atomic E-state index is 0.744. The third-order valence-corrected chi connectivity index (χ3v) is 5.68. The average Bonchev–Trinajstić information content (AvgIpc) is 3.37. The monoisotopic (exact) mass is 400 g/mol. The third-order valence-electron chi connectivity index (χ3n) is 5.25. The lowest BCUT2D eigenvalue weighted by atomic mass is 10.2. The van der Waals surface area contributed by atoms with Gasteiger partial charge in [-0.2, -0.15) is 4.68 Å². The topological polar surface area (TPSA) is 52.8 Å². The molecule has 0 spiro atoms. The molecule has 0 aliphatic carbocycles. The SMILES string of the molecule is CCn1c(-c2ccco2)nn(C[NH+]2CCN(c3ccccc3OC)CC2)c1=S. The zero-order valence-corrected chi connectivity index (χ0v) is 17.1. The molecule has 8 heteroatoms. The van der Waals surface area contributed by atoms with E-state index in [4.69, 9.17) is 26.5 Å². The van der Waals surface area contributed by atoms with Crippen LogP contribution in [0.4, 0.5) is 5.69 Å². The Labute approximate surface area is 169 Å². The number of ether oxygens (including phenoxy) is 1. The van der Waals surface area contributed by atoms with Gasteiger partial charge in [-0.25, -0.2) is 0 Å². The zero-order valence-electron chi connectivity index (χ0n) is 16.3. The van der Waals surface area contributed by atoms with Gasteiger partial charge in [-0.05, 0) is 43.4 Å². The van der Waals surface area contributed by atoms with E-state index in [-0.39, 0.29) is 0 Å². The molecule has 1 saturated heterocycles. The number of para-hydroxylation sites is 2. The molecule has 1 aromatic carbocycles. The fourth-order valence-electron chi connectivity index (χ4n) is 3.74. The fraction of sp³-hybridized carbons (Fsp3) is 0.400. The van der Waals surface area contributed by atoms with Gasteiger partial charge in [0.15, 0.2) is 18.3 Å². The maximum Gasteiger partial charge on any atom is 0.203 e. The third kappa shape index (κ3) is 3.57. The van der Waals surface area contributed by atoms with Crippen LogP contribution in [0.3, 0.4) is 0 Å². The van der Waals surface area contributed by atoms with Gasteiger partial charge in [-0.3, -0.25) is 4.57 Å². The smallest absolute Gasteiger partial charge is 0.203 e. The van der Waals surface area contributed by atoms with Crippen LogP contribution in [0.5, 0.6) is 5.75 Å². The first-order valence-electron chi connectivity index (χ1n) is 9.64. The molecule has 1 N–H and O–H groups in total. The molecule has 1 aliphatic rings. The number of quaternary nitrogens is 1. The summed E-state index contributed by atoms with van der Waals surface area (Å²) in [6, 6.07) is 12.0. The van der Waals surface area contributed by atoms with Crippen molar-refractivity contribution in [3.8, 4) is 17.3 Å². The van der Waals surface area contributed by atoms with Crippen LogP contribution < -0.4 is 14.5 Å². The van der Waals surface area contributed by atoms with Crippen LogP contribution in [0.15, 0.2) is 47.1 Å². The van der Waals surface area contributed by atoms with Crippen LogP contribution in [-0.4, -0.2) is 47.6 Å². The molecule has 3 aromatic rings. The van der Waals surface area contributed by atoms with E-state index in [1.165, 1.54) is 4.90 Å². The van der Waals surface area contributed by atoms with Crippen molar-refractivity contribution in [3.05, 3.63) is 47.4 Å². The number of nitrogens with one attached hydrogen (secondary N) is 1. The van der Waals surface area contributed by atoms with Gasteiger partial charge in [0.1, 0.15) is 5.75 Å². The zero-order chi connectivity index (χ0) is 19.5. The highest BCUT2D eigenvalue weighted by Crippen LogP contribution is 2.27. The molecule has 1 aliphatic heterocycles. The standard InChI is InChI=1S/C20H25N5O2S/c1-3-24-19(18-9-6-14-27-18)21-25(20(24)28)15-22-10-12-23(13-11-22)16-7-4-5-8-17(16)26-2/h4-9,14H,3,10-13,15H2,1-2H3/p+1. The summed E-state index contributed by atoms with van der Waals surface area (Å²) in [5.74, 6) is 2.48. The van der Waals surface area contributed by atoms with Crippen LogP contribution in [-0.2, 0) is 13.2 Å². The van der Waals surface area contributed by atoms with Crippen molar-refractivity contribution >= 4 is 17.9 Å². The van der Waals surface area contributed by atoms with Crippen LogP contribution in [0.2, 0.25) is 0 Å².